The Bertz CT molecular complexity index is 288. The molecule has 0 bridgehead atoms. The Morgan fingerprint density at radius 1 is 1.41 bits per heavy atom. The summed E-state index contributed by atoms with van der Waals surface area (Å²) < 4.78 is 0. The summed E-state index contributed by atoms with van der Waals surface area (Å²) in [6, 6.07) is 5.17. The van der Waals surface area contributed by atoms with Gasteiger partial charge in [-0.05, 0) is 43.2 Å². The summed E-state index contributed by atoms with van der Waals surface area (Å²) in [4.78, 5) is 1.54. The van der Waals surface area contributed by atoms with Gasteiger partial charge in [0.05, 0.1) is 0 Å². The lowest BCUT2D eigenvalue weighted by atomic mass is 9.95. The van der Waals surface area contributed by atoms with Crippen molar-refractivity contribution in [2.75, 3.05) is 6.54 Å². The van der Waals surface area contributed by atoms with E-state index in [1.165, 1.54) is 44.9 Å². The largest absolute Gasteiger partial charge is 0.314 e. The number of thiophene rings is 1. The van der Waals surface area contributed by atoms with E-state index >= 15 is 0 Å². The average molecular weight is 251 g/mol. The second kappa shape index (κ2) is 7.17. The third kappa shape index (κ3) is 4.44. The predicted octanol–water partition coefficient (Wildman–Crippen LogP) is 4.24. The highest BCUT2D eigenvalue weighted by atomic mass is 32.1. The zero-order valence-corrected chi connectivity index (χ0v) is 11.8. The fourth-order valence-electron chi connectivity index (χ4n) is 3.01. The van der Waals surface area contributed by atoms with Gasteiger partial charge in [-0.1, -0.05) is 38.7 Å². The lowest BCUT2D eigenvalue weighted by Crippen LogP contribution is -2.31. The molecule has 0 aromatic carbocycles. The first-order valence-corrected chi connectivity index (χ1v) is 8.02. The SMILES string of the molecule is CCNC(CCc1cccs1)CC1CCCC1. The normalized spacial score (nSPS) is 18.6. The van der Waals surface area contributed by atoms with E-state index < -0.39 is 0 Å². The fraction of sp³-hybridized carbons (Fsp3) is 0.733. The molecule has 0 spiro atoms. The Morgan fingerprint density at radius 3 is 2.88 bits per heavy atom. The summed E-state index contributed by atoms with van der Waals surface area (Å²) in [6.07, 6.45) is 9.84. The summed E-state index contributed by atoms with van der Waals surface area (Å²) in [5.74, 6) is 1.00. The van der Waals surface area contributed by atoms with E-state index in [0.29, 0.717) is 0 Å². The predicted molar refractivity (Wildman–Crippen MR) is 76.7 cm³/mol. The van der Waals surface area contributed by atoms with E-state index in [1.54, 1.807) is 4.88 Å². The van der Waals surface area contributed by atoms with Gasteiger partial charge in [-0.15, -0.1) is 11.3 Å². The molecule has 1 N–H and O–H groups in total. The summed E-state index contributed by atoms with van der Waals surface area (Å²) in [6.45, 7) is 3.34. The van der Waals surface area contributed by atoms with Crippen molar-refractivity contribution in [1.29, 1.82) is 0 Å². The maximum absolute atomic E-state index is 3.68. The molecule has 1 aromatic rings. The number of rotatable bonds is 7. The monoisotopic (exact) mass is 251 g/mol. The van der Waals surface area contributed by atoms with Crippen LogP contribution in [-0.4, -0.2) is 12.6 Å². The Labute approximate surface area is 110 Å². The van der Waals surface area contributed by atoms with Crippen molar-refractivity contribution in [1.82, 2.24) is 5.32 Å². The van der Waals surface area contributed by atoms with Crippen molar-refractivity contribution in [3.63, 3.8) is 0 Å². The van der Waals surface area contributed by atoms with E-state index in [9.17, 15) is 0 Å². The van der Waals surface area contributed by atoms with Gasteiger partial charge in [0.1, 0.15) is 0 Å². The van der Waals surface area contributed by atoms with Crippen LogP contribution in [0.15, 0.2) is 17.5 Å². The van der Waals surface area contributed by atoms with Crippen LogP contribution in [-0.2, 0) is 6.42 Å². The minimum atomic E-state index is 0.741. The van der Waals surface area contributed by atoms with E-state index in [-0.39, 0.29) is 0 Å². The number of aryl methyl sites for hydroxylation is 1. The molecule has 1 aliphatic rings. The molecule has 96 valence electrons. The van der Waals surface area contributed by atoms with Crippen LogP contribution >= 0.6 is 11.3 Å². The third-order valence-electron chi connectivity index (χ3n) is 3.90. The average Bonchev–Trinajstić information content (AvgIpc) is 2.99. The molecule has 1 unspecified atom stereocenters. The van der Waals surface area contributed by atoms with E-state index in [4.69, 9.17) is 0 Å². The quantitative estimate of drug-likeness (QED) is 0.764. The molecule has 2 heteroatoms. The second-order valence-corrected chi connectivity index (χ2v) is 6.29. The minimum absolute atomic E-state index is 0.741. The maximum Gasteiger partial charge on any atom is 0.00730 e. The molecule has 0 saturated heterocycles. The van der Waals surface area contributed by atoms with Gasteiger partial charge in [0.15, 0.2) is 0 Å². The molecule has 1 saturated carbocycles. The van der Waals surface area contributed by atoms with Crippen molar-refractivity contribution in [2.45, 2.75) is 57.9 Å². The molecule has 0 aliphatic heterocycles. The van der Waals surface area contributed by atoms with E-state index in [2.05, 4.69) is 29.8 Å². The van der Waals surface area contributed by atoms with Gasteiger partial charge in [0.2, 0.25) is 0 Å². The standard InChI is InChI=1S/C15H25NS/c1-2-16-14(12-13-6-3-4-7-13)9-10-15-8-5-11-17-15/h5,8,11,13-14,16H,2-4,6-7,9-10,12H2,1H3. The Balaban J connectivity index is 1.75. The Hall–Kier alpha value is -0.340. The van der Waals surface area contributed by atoms with Crippen LogP contribution in [0, 0.1) is 5.92 Å². The summed E-state index contributed by atoms with van der Waals surface area (Å²) in [7, 11) is 0. The van der Waals surface area contributed by atoms with Crippen molar-refractivity contribution in [3.05, 3.63) is 22.4 Å². The van der Waals surface area contributed by atoms with Crippen LogP contribution in [0.5, 0.6) is 0 Å². The first-order chi connectivity index (χ1) is 8.38. The zero-order chi connectivity index (χ0) is 11.9. The highest BCUT2D eigenvalue weighted by Gasteiger charge is 2.19. The number of hydrogen-bond donors (Lipinski definition) is 1. The molecule has 1 atom stereocenters. The van der Waals surface area contributed by atoms with Crippen LogP contribution in [0.3, 0.4) is 0 Å². The van der Waals surface area contributed by atoms with Crippen LogP contribution in [0.4, 0.5) is 0 Å². The molecule has 1 heterocycles. The van der Waals surface area contributed by atoms with Crippen molar-refractivity contribution < 1.29 is 0 Å². The smallest absolute Gasteiger partial charge is 0.00730 e. The molecule has 0 radical (unpaired) electrons. The van der Waals surface area contributed by atoms with Gasteiger partial charge in [-0.25, -0.2) is 0 Å². The molecule has 2 rings (SSSR count). The highest BCUT2D eigenvalue weighted by Crippen LogP contribution is 2.29. The topological polar surface area (TPSA) is 12.0 Å². The van der Waals surface area contributed by atoms with Crippen LogP contribution in [0.1, 0.15) is 50.3 Å². The van der Waals surface area contributed by atoms with Gasteiger partial charge in [0, 0.05) is 10.9 Å². The van der Waals surface area contributed by atoms with Gasteiger partial charge >= 0.3 is 0 Å². The maximum atomic E-state index is 3.68. The summed E-state index contributed by atoms with van der Waals surface area (Å²) >= 11 is 1.90. The zero-order valence-electron chi connectivity index (χ0n) is 11.0. The van der Waals surface area contributed by atoms with Crippen LogP contribution in [0.25, 0.3) is 0 Å². The number of nitrogens with one attached hydrogen (secondary N) is 1. The third-order valence-corrected chi connectivity index (χ3v) is 4.84. The molecule has 1 nitrogen and oxygen atoms in total. The summed E-state index contributed by atoms with van der Waals surface area (Å²) in [5, 5.41) is 5.87. The highest BCUT2D eigenvalue weighted by molar-refractivity contribution is 7.09. The first-order valence-electron chi connectivity index (χ1n) is 7.14. The van der Waals surface area contributed by atoms with Crippen molar-refractivity contribution >= 4 is 11.3 Å². The lowest BCUT2D eigenvalue weighted by Gasteiger charge is -2.21. The van der Waals surface area contributed by atoms with Gasteiger partial charge in [-0.3, -0.25) is 0 Å². The van der Waals surface area contributed by atoms with Crippen molar-refractivity contribution in [2.24, 2.45) is 5.92 Å². The molecular weight excluding hydrogens is 226 g/mol. The van der Waals surface area contributed by atoms with E-state index in [0.717, 1.165) is 18.5 Å². The second-order valence-electron chi connectivity index (χ2n) is 5.26. The number of hydrogen-bond acceptors (Lipinski definition) is 2. The first kappa shape index (κ1) is 13.1. The molecule has 1 aliphatic carbocycles. The lowest BCUT2D eigenvalue weighted by molar-refractivity contribution is 0.376. The van der Waals surface area contributed by atoms with Crippen LogP contribution < -0.4 is 5.32 Å². The van der Waals surface area contributed by atoms with Gasteiger partial charge < -0.3 is 5.32 Å². The molecule has 1 aromatic heterocycles. The molecule has 0 amide bonds. The fourth-order valence-corrected chi connectivity index (χ4v) is 3.74. The minimum Gasteiger partial charge on any atom is -0.314 e. The molecular formula is C15H25NS. The Morgan fingerprint density at radius 2 is 2.24 bits per heavy atom. The van der Waals surface area contributed by atoms with Crippen LogP contribution in [0.2, 0.25) is 0 Å². The Kier molecular flexibility index (Phi) is 5.53. The molecule has 1 fully saturated rings. The van der Waals surface area contributed by atoms with E-state index in [1.807, 2.05) is 11.3 Å². The van der Waals surface area contributed by atoms with Crippen molar-refractivity contribution in [3.8, 4) is 0 Å². The molecule has 17 heavy (non-hydrogen) atoms. The summed E-state index contributed by atoms with van der Waals surface area (Å²) in [5.41, 5.74) is 0. The van der Waals surface area contributed by atoms with Gasteiger partial charge in [-0.2, -0.15) is 0 Å². The van der Waals surface area contributed by atoms with Gasteiger partial charge in [0.25, 0.3) is 0 Å².